The first kappa shape index (κ1) is 15.0. The predicted molar refractivity (Wildman–Crippen MR) is 79.6 cm³/mol. The molecule has 0 spiro atoms. The zero-order valence-corrected chi connectivity index (χ0v) is 12.8. The molecule has 2 rings (SSSR count). The molecule has 0 radical (unpaired) electrons. The summed E-state index contributed by atoms with van der Waals surface area (Å²) in [5.74, 6) is 0. The van der Waals surface area contributed by atoms with E-state index in [0.717, 1.165) is 0 Å². The standard InChI is InChI=1S/C11H12Cl2N4O2S/c1-2-17-6-7(5-15-17)16-20(18,19)8-3-9(12)11(14)10(13)4-8/h3-6,16H,2,14H2,1H3. The lowest BCUT2D eigenvalue weighted by atomic mass is 10.3. The Bertz CT molecular complexity index is 720. The normalized spacial score (nSPS) is 11.6. The SMILES string of the molecule is CCn1cc(NS(=O)(=O)c2cc(Cl)c(N)c(Cl)c2)cn1. The van der Waals surface area contributed by atoms with Crippen LogP contribution in [0.4, 0.5) is 11.4 Å². The van der Waals surface area contributed by atoms with Gasteiger partial charge in [0.1, 0.15) is 0 Å². The molecular weight excluding hydrogens is 323 g/mol. The number of nitrogens with two attached hydrogens (primary N) is 1. The van der Waals surface area contributed by atoms with Gasteiger partial charge in [0.05, 0.1) is 32.5 Å². The zero-order valence-electron chi connectivity index (χ0n) is 10.5. The van der Waals surface area contributed by atoms with E-state index >= 15 is 0 Å². The number of aryl methyl sites for hydroxylation is 1. The molecule has 0 aliphatic carbocycles. The van der Waals surface area contributed by atoms with Crippen LogP contribution in [0.2, 0.25) is 10.0 Å². The average molecular weight is 335 g/mol. The first-order valence-corrected chi connectivity index (χ1v) is 7.87. The Kier molecular flexibility index (Phi) is 4.12. The molecule has 6 nitrogen and oxygen atoms in total. The topological polar surface area (TPSA) is 90.0 Å². The molecular formula is C11H12Cl2N4O2S. The van der Waals surface area contributed by atoms with Gasteiger partial charge >= 0.3 is 0 Å². The van der Waals surface area contributed by atoms with Gasteiger partial charge in [-0.3, -0.25) is 9.40 Å². The summed E-state index contributed by atoms with van der Waals surface area (Å²) < 4.78 is 28.4. The highest BCUT2D eigenvalue weighted by Crippen LogP contribution is 2.31. The minimum atomic E-state index is -3.80. The van der Waals surface area contributed by atoms with Gasteiger partial charge in [-0.25, -0.2) is 8.42 Å². The van der Waals surface area contributed by atoms with E-state index in [9.17, 15) is 8.42 Å². The summed E-state index contributed by atoms with van der Waals surface area (Å²) in [5.41, 5.74) is 6.08. The third-order valence-corrected chi connectivity index (χ3v) is 4.56. The highest BCUT2D eigenvalue weighted by Gasteiger charge is 2.18. The fourth-order valence-corrected chi connectivity index (χ4v) is 3.22. The van der Waals surface area contributed by atoms with Crippen molar-refractivity contribution in [3.63, 3.8) is 0 Å². The Hall–Kier alpha value is -1.44. The number of rotatable bonds is 4. The van der Waals surface area contributed by atoms with Crippen LogP contribution in [0.1, 0.15) is 6.92 Å². The highest BCUT2D eigenvalue weighted by atomic mass is 35.5. The smallest absolute Gasteiger partial charge is 0.262 e. The second kappa shape index (κ2) is 5.51. The molecule has 3 N–H and O–H groups in total. The van der Waals surface area contributed by atoms with Gasteiger partial charge in [0.2, 0.25) is 0 Å². The van der Waals surface area contributed by atoms with Crippen molar-refractivity contribution in [2.24, 2.45) is 0 Å². The van der Waals surface area contributed by atoms with Crippen LogP contribution in [0.15, 0.2) is 29.4 Å². The maximum atomic E-state index is 12.2. The summed E-state index contributed by atoms with van der Waals surface area (Å²) in [6.07, 6.45) is 3.00. The van der Waals surface area contributed by atoms with Gasteiger partial charge in [0, 0.05) is 12.7 Å². The zero-order chi connectivity index (χ0) is 14.9. The molecule has 1 aromatic heterocycles. The van der Waals surface area contributed by atoms with E-state index in [0.29, 0.717) is 12.2 Å². The second-order valence-corrected chi connectivity index (χ2v) is 6.49. The molecule has 0 bridgehead atoms. The minimum absolute atomic E-state index is 0.0639. The number of nitrogens with zero attached hydrogens (tertiary/aromatic N) is 2. The highest BCUT2D eigenvalue weighted by molar-refractivity contribution is 7.92. The Balaban J connectivity index is 2.35. The molecule has 0 aliphatic rings. The molecule has 1 aromatic carbocycles. The molecule has 2 aromatic rings. The Morgan fingerprint density at radius 3 is 2.45 bits per heavy atom. The summed E-state index contributed by atoms with van der Waals surface area (Å²) in [6.45, 7) is 2.53. The molecule has 1 heterocycles. The van der Waals surface area contributed by atoms with Crippen LogP contribution in [0.25, 0.3) is 0 Å². The van der Waals surface area contributed by atoms with Crippen molar-refractivity contribution in [1.29, 1.82) is 0 Å². The lowest BCUT2D eigenvalue weighted by molar-refractivity contribution is 0.601. The average Bonchev–Trinajstić information content (AvgIpc) is 2.82. The van der Waals surface area contributed by atoms with E-state index in [2.05, 4.69) is 9.82 Å². The van der Waals surface area contributed by atoms with Gasteiger partial charge < -0.3 is 5.73 Å². The van der Waals surface area contributed by atoms with E-state index in [4.69, 9.17) is 28.9 Å². The van der Waals surface area contributed by atoms with Gasteiger partial charge in [-0.2, -0.15) is 5.10 Å². The molecule has 108 valence electrons. The minimum Gasteiger partial charge on any atom is -0.396 e. The molecule has 0 atom stereocenters. The number of hydrogen-bond acceptors (Lipinski definition) is 4. The van der Waals surface area contributed by atoms with Crippen molar-refractivity contribution >= 4 is 44.6 Å². The molecule has 0 aliphatic heterocycles. The number of benzene rings is 1. The van der Waals surface area contributed by atoms with Crippen molar-refractivity contribution < 1.29 is 8.42 Å². The number of nitrogens with one attached hydrogen (secondary N) is 1. The lowest BCUT2D eigenvalue weighted by Crippen LogP contribution is -2.13. The number of aromatic nitrogens is 2. The van der Waals surface area contributed by atoms with Crippen LogP contribution in [0, 0.1) is 0 Å². The van der Waals surface area contributed by atoms with E-state index in [-0.39, 0.29) is 20.6 Å². The van der Waals surface area contributed by atoms with Crippen LogP contribution in [-0.2, 0) is 16.6 Å². The molecule has 0 fully saturated rings. The van der Waals surface area contributed by atoms with Crippen LogP contribution in [0.5, 0.6) is 0 Å². The van der Waals surface area contributed by atoms with E-state index in [1.54, 1.807) is 10.9 Å². The van der Waals surface area contributed by atoms with E-state index in [1.165, 1.54) is 18.3 Å². The van der Waals surface area contributed by atoms with Gasteiger partial charge in [0.15, 0.2) is 0 Å². The maximum Gasteiger partial charge on any atom is 0.262 e. The molecule has 0 saturated heterocycles. The number of nitrogen functional groups attached to an aromatic ring is 1. The van der Waals surface area contributed by atoms with Gasteiger partial charge in [-0.05, 0) is 19.1 Å². The summed E-state index contributed by atoms with van der Waals surface area (Å²) >= 11 is 11.7. The van der Waals surface area contributed by atoms with Crippen molar-refractivity contribution in [1.82, 2.24) is 9.78 Å². The van der Waals surface area contributed by atoms with E-state index in [1.807, 2.05) is 6.92 Å². The van der Waals surface area contributed by atoms with Crippen molar-refractivity contribution in [3.8, 4) is 0 Å². The second-order valence-electron chi connectivity index (χ2n) is 3.99. The lowest BCUT2D eigenvalue weighted by Gasteiger charge is -2.08. The fraction of sp³-hybridized carbons (Fsp3) is 0.182. The quantitative estimate of drug-likeness (QED) is 0.841. The first-order valence-electron chi connectivity index (χ1n) is 5.63. The largest absolute Gasteiger partial charge is 0.396 e. The molecule has 20 heavy (non-hydrogen) atoms. The molecule has 0 saturated carbocycles. The monoisotopic (exact) mass is 334 g/mol. The van der Waals surface area contributed by atoms with Crippen molar-refractivity contribution in [2.75, 3.05) is 10.5 Å². The number of hydrogen-bond donors (Lipinski definition) is 2. The Morgan fingerprint density at radius 2 is 1.95 bits per heavy atom. The van der Waals surface area contributed by atoms with Gasteiger partial charge in [-0.1, -0.05) is 23.2 Å². The van der Waals surface area contributed by atoms with E-state index < -0.39 is 10.0 Å². The van der Waals surface area contributed by atoms with Crippen LogP contribution < -0.4 is 10.5 Å². The molecule has 0 amide bonds. The van der Waals surface area contributed by atoms with Crippen LogP contribution >= 0.6 is 23.2 Å². The van der Waals surface area contributed by atoms with Crippen molar-refractivity contribution in [3.05, 3.63) is 34.6 Å². The number of halogens is 2. The summed E-state index contributed by atoms with van der Waals surface area (Å²) in [5, 5.41) is 4.15. The predicted octanol–water partition coefficient (Wildman–Crippen LogP) is 2.59. The summed E-state index contributed by atoms with van der Waals surface area (Å²) in [6, 6.07) is 2.49. The van der Waals surface area contributed by atoms with Crippen molar-refractivity contribution in [2.45, 2.75) is 18.4 Å². The molecule has 9 heteroatoms. The third kappa shape index (κ3) is 3.00. The van der Waals surface area contributed by atoms with Gasteiger partial charge in [-0.15, -0.1) is 0 Å². The molecule has 0 unspecified atom stereocenters. The Morgan fingerprint density at radius 1 is 1.35 bits per heavy atom. The number of anilines is 2. The third-order valence-electron chi connectivity index (χ3n) is 2.57. The Labute approximate surface area is 126 Å². The number of sulfonamides is 1. The summed E-state index contributed by atoms with van der Waals surface area (Å²) in [4.78, 5) is -0.0639. The maximum absolute atomic E-state index is 12.2. The van der Waals surface area contributed by atoms with Gasteiger partial charge in [0.25, 0.3) is 10.0 Å². The summed E-state index contributed by atoms with van der Waals surface area (Å²) in [7, 11) is -3.80. The first-order chi connectivity index (χ1) is 9.33. The fourth-order valence-electron chi connectivity index (χ4n) is 1.52. The van der Waals surface area contributed by atoms with Crippen LogP contribution in [-0.4, -0.2) is 18.2 Å². The van der Waals surface area contributed by atoms with Crippen LogP contribution in [0.3, 0.4) is 0 Å².